The summed E-state index contributed by atoms with van der Waals surface area (Å²) in [5, 5.41) is 0. The molecule has 0 spiro atoms. The monoisotopic (exact) mass is 236 g/mol. The highest BCUT2D eigenvalue weighted by Crippen LogP contribution is 2.19. The van der Waals surface area contributed by atoms with Gasteiger partial charge in [-0.3, -0.25) is 4.79 Å². The van der Waals surface area contributed by atoms with Gasteiger partial charge in [-0.05, 0) is 0 Å². The predicted octanol–water partition coefficient (Wildman–Crippen LogP) is 1.66. The van der Waals surface area contributed by atoms with Gasteiger partial charge in [-0.1, -0.05) is 6.92 Å². The Labute approximate surface area is 89.5 Å². The number of H-pyrrole nitrogens is 1. The lowest BCUT2D eigenvalue weighted by molar-refractivity contribution is -0.139. The smallest absolute Gasteiger partial charge is 0.392 e. The first-order valence-corrected chi connectivity index (χ1v) is 4.70. The minimum atomic E-state index is -4.27. The largest absolute Gasteiger partial charge is 0.477 e. The highest BCUT2D eigenvalue weighted by Gasteiger charge is 2.26. The van der Waals surface area contributed by atoms with Crippen molar-refractivity contribution in [3.63, 3.8) is 0 Å². The van der Waals surface area contributed by atoms with Gasteiger partial charge in [-0.25, -0.2) is 4.98 Å². The van der Waals surface area contributed by atoms with Crippen LogP contribution >= 0.6 is 0 Å². The Hall–Kier alpha value is -1.53. The van der Waals surface area contributed by atoms with Crippen LogP contribution in [0.4, 0.5) is 13.2 Å². The Morgan fingerprint density at radius 1 is 1.50 bits per heavy atom. The second kappa shape index (κ2) is 5.00. The van der Waals surface area contributed by atoms with Gasteiger partial charge in [0, 0.05) is 6.42 Å². The van der Waals surface area contributed by atoms with Crippen LogP contribution < -0.4 is 10.3 Å². The van der Waals surface area contributed by atoms with E-state index >= 15 is 0 Å². The fourth-order valence-electron chi connectivity index (χ4n) is 0.996. The van der Waals surface area contributed by atoms with Crippen molar-refractivity contribution < 1.29 is 17.9 Å². The van der Waals surface area contributed by atoms with E-state index in [2.05, 4.69) is 9.97 Å². The maximum Gasteiger partial charge on any atom is 0.392 e. The summed E-state index contributed by atoms with van der Waals surface area (Å²) in [4.78, 5) is 17.3. The number of aryl methyl sites for hydroxylation is 1. The van der Waals surface area contributed by atoms with Crippen LogP contribution in [0, 0.1) is 0 Å². The molecule has 0 amide bonds. The SMILES string of the molecule is CCc1nc(OCCC(F)(F)F)cc(=O)[nH]1. The van der Waals surface area contributed by atoms with Gasteiger partial charge in [-0.15, -0.1) is 0 Å². The van der Waals surface area contributed by atoms with Crippen LogP contribution in [0.3, 0.4) is 0 Å². The lowest BCUT2D eigenvalue weighted by Crippen LogP contribution is -2.16. The molecule has 1 aromatic rings. The van der Waals surface area contributed by atoms with Crippen LogP contribution in [0.1, 0.15) is 19.2 Å². The summed E-state index contributed by atoms with van der Waals surface area (Å²) in [6.45, 7) is 1.22. The van der Waals surface area contributed by atoms with Gasteiger partial charge in [-0.2, -0.15) is 13.2 Å². The third kappa shape index (κ3) is 4.33. The van der Waals surface area contributed by atoms with Crippen molar-refractivity contribution in [1.82, 2.24) is 9.97 Å². The molecular formula is C9H11F3N2O2. The number of ether oxygens (including phenoxy) is 1. The lowest BCUT2D eigenvalue weighted by Gasteiger charge is -2.08. The van der Waals surface area contributed by atoms with Gasteiger partial charge in [0.2, 0.25) is 5.88 Å². The molecule has 1 rings (SSSR count). The average molecular weight is 236 g/mol. The minimum Gasteiger partial charge on any atom is -0.477 e. The van der Waals surface area contributed by atoms with Gasteiger partial charge in [0.05, 0.1) is 19.1 Å². The van der Waals surface area contributed by atoms with Gasteiger partial charge < -0.3 is 9.72 Å². The molecule has 0 aliphatic rings. The molecule has 1 aromatic heterocycles. The number of hydrogen-bond acceptors (Lipinski definition) is 3. The summed E-state index contributed by atoms with van der Waals surface area (Å²) in [7, 11) is 0. The maximum atomic E-state index is 11.8. The molecule has 1 heterocycles. The van der Waals surface area contributed by atoms with E-state index in [4.69, 9.17) is 4.74 Å². The molecule has 4 nitrogen and oxygen atoms in total. The van der Waals surface area contributed by atoms with Crippen molar-refractivity contribution in [2.75, 3.05) is 6.61 Å². The van der Waals surface area contributed by atoms with Crippen LogP contribution in [0.25, 0.3) is 0 Å². The third-order valence-electron chi connectivity index (χ3n) is 1.74. The molecule has 0 aromatic carbocycles. The van der Waals surface area contributed by atoms with E-state index in [-0.39, 0.29) is 5.88 Å². The standard InChI is InChI=1S/C9H11F3N2O2/c1-2-6-13-7(15)5-8(14-6)16-4-3-9(10,11)12/h5H,2-4H2,1H3,(H,13,14,15). The zero-order valence-corrected chi connectivity index (χ0v) is 8.60. The molecule has 0 atom stereocenters. The molecule has 1 N–H and O–H groups in total. The first-order chi connectivity index (χ1) is 7.40. The normalized spacial score (nSPS) is 11.5. The van der Waals surface area contributed by atoms with Gasteiger partial charge in [0.15, 0.2) is 0 Å². The first-order valence-electron chi connectivity index (χ1n) is 4.70. The fourth-order valence-corrected chi connectivity index (χ4v) is 0.996. The number of aromatic nitrogens is 2. The van der Waals surface area contributed by atoms with E-state index in [1.165, 1.54) is 0 Å². The number of nitrogens with one attached hydrogen (secondary N) is 1. The van der Waals surface area contributed by atoms with Gasteiger partial charge in [0.1, 0.15) is 5.82 Å². The van der Waals surface area contributed by atoms with Crippen LogP contribution in [-0.4, -0.2) is 22.8 Å². The van der Waals surface area contributed by atoms with Crippen molar-refractivity contribution in [1.29, 1.82) is 0 Å². The van der Waals surface area contributed by atoms with Crippen molar-refractivity contribution >= 4 is 0 Å². The van der Waals surface area contributed by atoms with Gasteiger partial charge in [0.25, 0.3) is 5.56 Å². The zero-order valence-electron chi connectivity index (χ0n) is 8.60. The number of hydrogen-bond donors (Lipinski definition) is 1. The number of halogens is 3. The van der Waals surface area contributed by atoms with Gasteiger partial charge >= 0.3 is 6.18 Å². The first kappa shape index (κ1) is 12.5. The Kier molecular flexibility index (Phi) is 3.92. The molecule has 0 fully saturated rings. The Morgan fingerprint density at radius 3 is 2.75 bits per heavy atom. The highest BCUT2D eigenvalue weighted by molar-refractivity contribution is 5.08. The predicted molar refractivity (Wildman–Crippen MR) is 50.4 cm³/mol. The number of nitrogens with zero attached hydrogens (tertiary/aromatic N) is 1. The number of rotatable bonds is 4. The minimum absolute atomic E-state index is 0.0788. The van der Waals surface area contributed by atoms with Crippen LogP contribution in [0.2, 0.25) is 0 Å². The van der Waals surface area contributed by atoms with E-state index in [1.54, 1.807) is 6.92 Å². The van der Waals surface area contributed by atoms with Crippen molar-refractivity contribution in [2.45, 2.75) is 25.9 Å². The lowest BCUT2D eigenvalue weighted by atomic mass is 10.4. The zero-order chi connectivity index (χ0) is 12.2. The fraction of sp³-hybridized carbons (Fsp3) is 0.556. The molecule has 0 saturated heterocycles. The quantitative estimate of drug-likeness (QED) is 0.865. The second-order valence-corrected chi connectivity index (χ2v) is 3.10. The highest BCUT2D eigenvalue weighted by atomic mass is 19.4. The molecule has 90 valence electrons. The van der Waals surface area contributed by atoms with E-state index in [9.17, 15) is 18.0 Å². The molecule has 0 bridgehead atoms. The summed E-state index contributed by atoms with van der Waals surface area (Å²) in [5.74, 6) is 0.305. The molecule has 16 heavy (non-hydrogen) atoms. The van der Waals surface area contributed by atoms with E-state index < -0.39 is 24.8 Å². The summed E-state index contributed by atoms with van der Waals surface area (Å²) in [6.07, 6.45) is -4.86. The summed E-state index contributed by atoms with van der Waals surface area (Å²) < 4.78 is 40.2. The molecule has 0 aliphatic heterocycles. The van der Waals surface area contributed by atoms with E-state index in [0.717, 1.165) is 6.07 Å². The summed E-state index contributed by atoms with van der Waals surface area (Å²) in [6, 6.07) is 1.02. The molecule has 0 radical (unpaired) electrons. The van der Waals surface area contributed by atoms with Crippen molar-refractivity contribution in [3.8, 4) is 5.88 Å². The van der Waals surface area contributed by atoms with E-state index in [1.807, 2.05) is 0 Å². The van der Waals surface area contributed by atoms with Crippen molar-refractivity contribution in [2.24, 2.45) is 0 Å². The number of alkyl halides is 3. The Balaban J connectivity index is 2.60. The van der Waals surface area contributed by atoms with Crippen LogP contribution in [0.15, 0.2) is 10.9 Å². The molecule has 0 saturated carbocycles. The second-order valence-electron chi connectivity index (χ2n) is 3.10. The third-order valence-corrected chi connectivity index (χ3v) is 1.74. The molecular weight excluding hydrogens is 225 g/mol. The summed E-state index contributed by atoms with van der Waals surface area (Å²) >= 11 is 0. The summed E-state index contributed by atoms with van der Waals surface area (Å²) in [5.41, 5.74) is -0.436. The Morgan fingerprint density at radius 2 is 2.19 bits per heavy atom. The van der Waals surface area contributed by atoms with Crippen LogP contribution in [-0.2, 0) is 6.42 Å². The topological polar surface area (TPSA) is 55.0 Å². The molecule has 0 aliphatic carbocycles. The van der Waals surface area contributed by atoms with Crippen LogP contribution in [0.5, 0.6) is 5.88 Å². The molecule has 7 heteroatoms. The Bertz CT molecular complexity index is 400. The maximum absolute atomic E-state index is 11.8. The van der Waals surface area contributed by atoms with Crippen molar-refractivity contribution in [3.05, 3.63) is 22.2 Å². The van der Waals surface area contributed by atoms with E-state index in [0.29, 0.717) is 12.2 Å². The number of aromatic amines is 1. The average Bonchev–Trinajstić information content (AvgIpc) is 2.14. The molecule has 0 unspecified atom stereocenters.